The minimum Gasteiger partial charge on any atom is -0.497 e. The second kappa shape index (κ2) is 9.58. The number of benzene rings is 2. The van der Waals surface area contributed by atoms with E-state index in [4.69, 9.17) is 9.47 Å². The van der Waals surface area contributed by atoms with Crippen LogP contribution in [0.4, 0.5) is 8.78 Å². The zero-order chi connectivity index (χ0) is 20.8. The van der Waals surface area contributed by atoms with E-state index in [1.807, 2.05) is 18.2 Å². The van der Waals surface area contributed by atoms with Crippen LogP contribution in [0.15, 0.2) is 41.4 Å². The van der Waals surface area contributed by atoms with Gasteiger partial charge in [0, 0.05) is 44.7 Å². The number of methoxy groups -OCH3 is 2. The number of nitrogens with one attached hydrogen (secondary N) is 1. The number of hydrogen-bond donors (Lipinski definition) is 1. The van der Waals surface area contributed by atoms with Crippen LogP contribution < -0.4 is 14.8 Å². The van der Waals surface area contributed by atoms with E-state index >= 15 is 0 Å². The highest BCUT2D eigenvalue weighted by atomic mass is 19.1. The summed E-state index contributed by atoms with van der Waals surface area (Å²) in [5.41, 5.74) is 1.66. The van der Waals surface area contributed by atoms with E-state index in [9.17, 15) is 8.78 Å². The van der Waals surface area contributed by atoms with Crippen molar-refractivity contribution in [2.45, 2.75) is 18.8 Å². The molecule has 3 rings (SSSR count). The molecule has 5 nitrogen and oxygen atoms in total. The molecule has 0 bridgehead atoms. The van der Waals surface area contributed by atoms with Crippen LogP contribution in [0.25, 0.3) is 0 Å². The average molecular weight is 403 g/mol. The Labute approximate surface area is 170 Å². The van der Waals surface area contributed by atoms with Gasteiger partial charge in [0.1, 0.15) is 23.1 Å². The molecule has 156 valence electrons. The molecule has 1 aliphatic rings. The summed E-state index contributed by atoms with van der Waals surface area (Å²) in [6.45, 7) is 2.21. The Morgan fingerprint density at radius 1 is 1.14 bits per heavy atom. The molecule has 1 fully saturated rings. The van der Waals surface area contributed by atoms with Crippen molar-refractivity contribution in [3.05, 3.63) is 59.2 Å². The fraction of sp³-hybridized carbons (Fsp3) is 0.409. The molecule has 1 heterocycles. The largest absolute Gasteiger partial charge is 0.497 e. The Morgan fingerprint density at radius 3 is 2.48 bits per heavy atom. The molecule has 1 aliphatic heterocycles. The summed E-state index contributed by atoms with van der Waals surface area (Å²) < 4.78 is 37.6. The highest BCUT2D eigenvalue weighted by Crippen LogP contribution is 2.32. The maximum absolute atomic E-state index is 13.8. The lowest BCUT2D eigenvalue weighted by atomic mass is 9.98. The van der Waals surface area contributed by atoms with Gasteiger partial charge in [-0.05, 0) is 42.2 Å². The molecule has 2 aromatic carbocycles. The zero-order valence-electron chi connectivity index (χ0n) is 17.0. The van der Waals surface area contributed by atoms with Crippen LogP contribution in [-0.2, 0) is 6.42 Å². The Hall–Kier alpha value is -2.83. The summed E-state index contributed by atoms with van der Waals surface area (Å²) in [4.78, 5) is 6.55. The van der Waals surface area contributed by atoms with Crippen molar-refractivity contribution in [3.63, 3.8) is 0 Å². The standard InChI is InChI=1S/C22H27F2N3O2/c1-25-22(26-8-6-15-4-5-18(23)12-21(15)24)27-9-7-16(14-27)17-10-19(28-2)13-20(11-17)29-3/h4-5,10-13,16H,6-9,14H2,1-3H3,(H,25,26). The first kappa shape index (κ1) is 20.9. The smallest absolute Gasteiger partial charge is 0.193 e. The molecule has 0 spiro atoms. The second-order valence-corrected chi connectivity index (χ2v) is 7.04. The monoisotopic (exact) mass is 403 g/mol. The van der Waals surface area contributed by atoms with E-state index < -0.39 is 11.6 Å². The molecule has 0 radical (unpaired) electrons. The van der Waals surface area contributed by atoms with Crippen molar-refractivity contribution in [1.29, 1.82) is 0 Å². The lowest BCUT2D eigenvalue weighted by molar-refractivity contribution is 0.392. The quantitative estimate of drug-likeness (QED) is 0.592. The molecule has 0 amide bonds. The minimum absolute atomic E-state index is 0.340. The van der Waals surface area contributed by atoms with Gasteiger partial charge in [-0.3, -0.25) is 4.99 Å². The summed E-state index contributed by atoms with van der Waals surface area (Å²) in [7, 11) is 5.03. The summed E-state index contributed by atoms with van der Waals surface area (Å²) in [5.74, 6) is 1.60. The Balaban J connectivity index is 1.59. The predicted octanol–water partition coefficient (Wildman–Crippen LogP) is 3.59. The lowest BCUT2D eigenvalue weighted by Gasteiger charge is -2.22. The first-order valence-corrected chi connectivity index (χ1v) is 9.66. The van der Waals surface area contributed by atoms with Gasteiger partial charge in [0.25, 0.3) is 0 Å². The van der Waals surface area contributed by atoms with Gasteiger partial charge in [-0.2, -0.15) is 0 Å². The topological polar surface area (TPSA) is 46.1 Å². The van der Waals surface area contributed by atoms with Crippen molar-refractivity contribution in [2.24, 2.45) is 4.99 Å². The van der Waals surface area contributed by atoms with E-state index in [2.05, 4.69) is 15.2 Å². The van der Waals surface area contributed by atoms with Gasteiger partial charge >= 0.3 is 0 Å². The number of likely N-dealkylation sites (tertiary alicyclic amines) is 1. The molecule has 0 aliphatic carbocycles. The van der Waals surface area contributed by atoms with Crippen LogP contribution in [-0.4, -0.2) is 51.8 Å². The van der Waals surface area contributed by atoms with Crippen molar-refractivity contribution >= 4 is 5.96 Å². The van der Waals surface area contributed by atoms with E-state index in [1.165, 1.54) is 17.7 Å². The molecule has 1 atom stereocenters. The Morgan fingerprint density at radius 2 is 1.86 bits per heavy atom. The maximum atomic E-state index is 13.8. The number of hydrogen-bond acceptors (Lipinski definition) is 3. The molecule has 1 N–H and O–H groups in total. The van der Waals surface area contributed by atoms with Gasteiger partial charge < -0.3 is 19.7 Å². The average Bonchev–Trinajstić information content (AvgIpc) is 3.22. The third-order valence-corrected chi connectivity index (χ3v) is 5.24. The highest BCUT2D eigenvalue weighted by Gasteiger charge is 2.26. The highest BCUT2D eigenvalue weighted by molar-refractivity contribution is 5.80. The zero-order valence-corrected chi connectivity index (χ0v) is 17.0. The van der Waals surface area contributed by atoms with Gasteiger partial charge in [-0.15, -0.1) is 0 Å². The van der Waals surface area contributed by atoms with Crippen LogP contribution in [0, 0.1) is 11.6 Å². The summed E-state index contributed by atoms with van der Waals surface area (Å²) >= 11 is 0. The molecular weight excluding hydrogens is 376 g/mol. The molecule has 1 unspecified atom stereocenters. The summed E-state index contributed by atoms with van der Waals surface area (Å²) in [6.07, 6.45) is 1.44. The molecule has 29 heavy (non-hydrogen) atoms. The molecule has 7 heteroatoms. The van der Waals surface area contributed by atoms with Crippen LogP contribution in [0.1, 0.15) is 23.5 Å². The van der Waals surface area contributed by atoms with Crippen molar-refractivity contribution < 1.29 is 18.3 Å². The Bertz CT molecular complexity index is 851. The maximum Gasteiger partial charge on any atom is 0.193 e. The van der Waals surface area contributed by atoms with Crippen LogP contribution in [0.5, 0.6) is 11.5 Å². The number of ether oxygens (including phenoxy) is 2. The first-order valence-electron chi connectivity index (χ1n) is 9.66. The van der Waals surface area contributed by atoms with Gasteiger partial charge in [0.15, 0.2) is 5.96 Å². The third-order valence-electron chi connectivity index (χ3n) is 5.24. The van der Waals surface area contributed by atoms with Crippen LogP contribution in [0.2, 0.25) is 0 Å². The fourth-order valence-corrected chi connectivity index (χ4v) is 3.66. The molecule has 0 aromatic heterocycles. The normalized spacial score (nSPS) is 16.8. The molecular formula is C22H27F2N3O2. The number of rotatable bonds is 6. The van der Waals surface area contributed by atoms with Gasteiger partial charge in [-0.25, -0.2) is 8.78 Å². The van der Waals surface area contributed by atoms with Gasteiger partial charge in [0.2, 0.25) is 0 Å². The van der Waals surface area contributed by atoms with E-state index in [1.54, 1.807) is 21.3 Å². The SMILES string of the molecule is CN=C(NCCc1ccc(F)cc1F)N1CCC(c2cc(OC)cc(OC)c2)C1. The van der Waals surface area contributed by atoms with Gasteiger partial charge in [0.05, 0.1) is 14.2 Å². The van der Waals surface area contributed by atoms with Crippen molar-refractivity contribution in [1.82, 2.24) is 10.2 Å². The molecule has 0 saturated carbocycles. The first-order chi connectivity index (χ1) is 14.0. The number of guanidine groups is 1. The Kier molecular flexibility index (Phi) is 6.90. The lowest BCUT2D eigenvalue weighted by Crippen LogP contribution is -2.40. The minimum atomic E-state index is -0.563. The number of halogens is 2. The van der Waals surface area contributed by atoms with Crippen molar-refractivity contribution in [3.8, 4) is 11.5 Å². The van der Waals surface area contributed by atoms with Crippen molar-refractivity contribution in [2.75, 3.05) is 40.9 Å². The van der Waals surface area contributed by atoms with Gasteiger partial charge in [-0.1, -0.05) is 6.07 Å². The van der Waals surface area contributed by atoms with E-state index in [-0.39, 0.29) is 0 Å². The van der Waals surface area contributed by atoms with E-state index in [0.29, 0.717) is 24.4 Å². The predicted molar refractivity (Wildman–Crippen MR) is 110 cm³/mol. The second-order valence-electron chi connectivity index (χ2n) is 7.04. The van der Waals surface area contributed by atoms with Crippen LogP contribution >= 0.6 is 0 Å². The fourth-order valence-electron chi connectivity index (χ4n) is 3.66. The third kappa shape index (κ3) is 5.16. The summed E-state index contributed by atoms with van der Waals surface area (Å²) in [5, 5.41) is 3.28. The molecule has 1 saturated heterocycles. The summed E-state index contributed by atoms with van der Waals surface area (Å²) in [6, 6.07) is 9.63. The number of aliphatic imine (C=N–C) groups is 1. The number of nitrogens with zero attached hydrogens (tertiary/aromatic N) is 2. The van der Waals surface area contributed by atoms with E-state index in [0.717, 1.165) is 43.0 Å². The molecule has 2 aromatic rings. The van der Waals surface area contributed by atoms with Crippen LogP contribution in [0.3, 0.4) is 0 Å².